The molecule has 164 valence electrons. The number of rotatable bonds is 6. The van der Waals surface area contributed by atoms with Crippen LogP contribution in [0.1, 0.15) is 34.4 Å². The maximum atomic E-state index is 13.9. The highest BCUT2D eigenvalue weighted by Gasteiger charge is 2.13. The summed E-state index contributed by atoms with van der Waals surface area (Å²) in [6, 6.07) is 17.7. The summed E-state index contributed by atoms with van der Waals surface area (Å²) in [4.78, 5) is 4.54. The van der Waals surface area contributed by atoms with E-state index in [4.69, 9.17) is 0 Å². The Hall–Kier alpha value is -3.84. The number of nitrogens with zero attached hydrogens (tertiary/aromatic N) is 1. The molecule has 4 rings (SSSR count). The number of halogens is 3. The lowest BCUT2D eigenvalue weighted by molar-refractivity contribution is 0.453. The van der Waals surface area contributed by atoms with Gasteiger partial charge in [-0.3, -0.25) is 4.98 Å². The zero-order valence-electron chi connectivity index (χ0n) is 18.0. The van der Waals surface area contributed by atoms with E-state index in [2.05, 4.69) is 35.5 Å². The molecule has 4 aromatic rings. The molecule has 0 spiro atoms. The second-order valence-corrected chi connectivity index (χ2v) is 7.85. The van der Waals surface area contributed by atoms with Crippen LogP contribution in [0.2, 0.25) is 0 Å². The zero-order valence-corrected chi connectivity index (χ0v) is 18.0. The fourth-order valence-electron chi connectivity index (χ4n) is 3.57. The van der Waals surface area contributed by atoms with Gasteiger partial charge in [-0.2, -0.15) is 0 Å². The largest absolute Gasteiger partial charge is 0.261 e. The third-order valence-corrected chi connectivity index (χ3v) is 5.47. The standard InChI is InChI=1S/C29H22F3N/c1-2-3-4-23-12-15-25(33-19-23)14-11-21-7-5-20(6-8-21)9-10-22-13-16-26-24(17-22)18-27(30)29(32)28(26)31/h2,5-8,12-13,15-19H,1,3-4,11,14H2. The van der Waals surface area contributed by atoms with E-state index in [0.29, 0.717) is 5.56 Å². The highest BCUT2D eigenvalue weighted by atomic mass is 19.2. The van der Waals surface area contributed by atoms with Crippen LogP contribution in [0.15, 0.2) is 79.5 Å². The molecule has 0 saturated heterocycles. The summed E-state index contributed by atoms with van der Waals surface area (Å²) >= 11 is 0. The Morgan fingerprint density at radius 2 is 1.48 bits per heavy atom. The molecule has 0 atom stereocenters. The average Bonchev–Trinajstić information content (AvgIpc) is 2.84. The molecule has 0 aliphatic heterocycles. The summed E-state index contributed by atoms with van der Waals surface area (Å²) in [5, 5.41) is 0.306. The third-order valence-electron chi connectivity index (χ3n) is 5.47. The number of benzene rings is 3. The van der Waals surface area contributed by atoms with Gasteiger partial charge in [-0.05, 0) is 78.6 Å². The second-order valence-electron chi connectivity index (χ2n) is 7.85. The summed E-state index contributed by atoms with van der Waals surface area (Å²) < 4.78 is 40.7. The molecule has 0 aliphatic carbocycles. The Kier molecular flexibility index (Phi) is 6.90. The smallest absolute Gasteiger partial charge is 0.195 e. The Bertz CT molecular complexity index is 1340. The van der Waals surface area contributed by atoms with Crippen molar-refractivity contribution < 1.29 is 13.2 Å². The molecule has 0 bridgehead atoms. The molecule has 3 aromatic carbocycles. The molecule has 4 heteroatoms. The van der Waals surface area contributed by atoms with Crippen LogP contribution >= 0.6 is 0 Å². The number of fused-ring (bicyclic) bond motifs is 1. The van der Waals surface area contributed by atoms with Gasteiger partial charge in [-0.15, -0.1) is 6.58 Å². The van der Waals surface area contributed by atoms with Gasteiger partial charge in [0, 0.05) is 28.4 Å². The van der Waals surface area contributed by atoms with Crippen molar-refractivity contribution in [1.29, 1.82) is 0 Å². The fourth-order valence-corrected chi connectivity index (χ4v) is 3.57. The monoisotopic (exact) mass is 441 g/mol. The van der Waals surface area contributed by atoms with Crippen LogP contribution in [0.3, 0.4) is 0 Å². The van der Waals surface area contributed by atoms with Gasteiger partial charge in [-0.1, -0.05) is 42.2 Å². The molecular formula is C29H22F3N. The molecular weight excluding hydrogens is 419 g/mol. The Labute approximate surface area is 191 Å². The third kappa shape index (κ3) is 5.51. The van der Waals surface area contributed by atoms with Gasteiger partial charge in [0.15, 0.2) is 17.5 Å². The van der Waals surface area contributed by atoms with Crippen LogP contribution < -0.4 is 0 Å². The van der Waals surface area contributed by atoms with E-state index in [0.717, 1.165) is 43.0 Å². The van der Waals surface area contributed by atoms with Crippen molar-refractivity contribution >= 4 is 10.8 Å². The van der Waals surface area contributed by atoms with Crippen molar-refractivity contribution in [2.24, 2.45) is 0 Å². The van der Waals surface area contributed by atoms with Gasteiger partial charge in [0.05, 0.1) is 0 Å². The number of pyridine rings is 1. The number of hydrogen-bond donors (Lipinski definition) is 0. The maximum absolute atomic E-state index is 13.9. The molecule has 1 heterocycles. The Balaban J connectivity index is 1.40. The molecule has 1 nitrogen and oxygen atoms in total. The lowest BCUT2D eigenvalue weighted by atomic mass is 10.0. The first-order valence-corrected chi connectivity index (χ1v) is 10.8. The number of aryl methyl sites for hydroxylation is 3. The molecule has 0 amide bonds. The molecule has 0 fully saturated rings. The normalized spacial score (nSPS) is 10.6. The second kappa shape index (κ2) is 10.2. The van der Waals surface area contributed by atoms with Crippen molar-refractivity contribution in [3.05, 3.63) is 125 Å². The van der Waals surface area contributed by atoms with E-state index in [1.165, 1.54) is 17.2 Å². The predicted molar refractivity (Wildman–Crippen MR) is 126 cm³/mol. The molecule has 0 aliphatic rings. The molecule has 0 radical (unpaired) electrons. The van der Waals surface area contributed by atoms with Crippen molar-refractivity contribution in [3.63, 3.8) is 0 Å². The lowest BCUT2D eigenvalue weighted by Gasteiger charge is -2.04. The van der Waals surface area contributed by atoms with Gasteiger partial charge in [0.1, 0.15) is 0 Å². The molecule has 0 saturated carbocycles. The minimum Gasteiger partial charge on any atom is -0.261 e. The molecule has 0 N–H and O–H groups in total. The number of hydrogen-bond acceptors (Lipinski definition) is 1. The van der Waals surface area contributed by atoms with Crippen LogP contribution in [-0.2, 0) is 19.3 Å². The highest BCUT2D eigenvalue weighted by molar-refractivity contribution is 5.84. The van der Waals surface area contributed by atoms with Crippen molar-refractivity contribution in [1.82, 2.24) is 4.98 Å². The van der Waals surface area contributed by atoms with E-state index < -0.39 is 17.5 Å². The van der Waals surface area contributed by atoms with Crippen LogP contribution in [0.5, 0.6) is 0 Å². The first-order valence-electron chi connectivity index (χ1n) is 10.8. The quantitative estimate of drug-likeness (QED) is 0.179. The summed E-state index contributed by atoms with van der Waals surface area (Å²) in [5.41, 5.74) is 4.90. The zero-order chi connectivity index (χ0) is 23.2. The van der Waals surface area contributed by atoms with Crippen LogP contribution in [0, 0.1) is 29.3 Å². The first kappa shape index (κ1) is 22.4. The van der Waals surface area contributed by atoms with Gasteiger partial charge in [-0.25, -0.2) is 13.2 Å². The summed E-state index contributed by atoms with van der Waals surface area (Å²) in [6.07, 6.45) is 7.50. The molecule has 1 aromatic heterocycles. The predicted octanol–water partition coefficient (Wildman–Crippen LogP) is 6.96. The summed E-state index contributed by atoms with van der Waals surface area (Å²) in [6.45, 7) is 3.74. The molecule has 33 heavy (non-hydrogen) atoms. The van der Waals surface area contributed by atoms with Gasteiger partial charge >= 0.3 is 0 Å². The Morgan fingerprint density at radius 3 is 2.21 bits per heavy atom. The average molecular weight is 441 g/mol. The van der Waals surface area contributed by atoms with E-state index in [1.54, 1.807) is 12.1 Å². The van der Waals surface area contributed by atoms with Crippen LogP contribution in [0.4, 0.5) is 13.2 Å². The first-order chi connectivity index (χ1) is 16.0. The summed E-state index contributed by atoms with van der Waals surface area (Å²) in [7, 11) is 0. The van der Waals surface area contributed by atoms with Crippen molar-refractivity contribution in [3.8, 4) is 11.8 Å². The van der Waals surface area contributed by atoms with E-state index in [9.17, 15) is 13.2 Å². The summed E-state index contributed by atoms with van der Waals surface area (Å²) in [5.74, 6) is 2.21. The number of aromatic nitrogens is 1. The van der Waals surface area contributed by atoms with E-state index in [1.807, 2.05) is 36.5 Å². The fraction of sp³-hybridized carbons (Fsp3) is 0.138. The maximum Gasteiger partial charge on any atom is 0.195 e. The van der Waals surface area contributed by atoms with Crippen LogP contribution in [-0.4, -0.2) is 4.98 Å². The Morgan fingerprint density at radius 1 is 0.758 bits per heavy atom. The minimum absolute atomic E-state index is 0.0321. The SMILES string of the molecule is C=CCCc1ccc(CCc2ccc(C#Cc3ccc4c(F)c(F)c(F)cc4c3)cc2)nc1. The topological polar surface area (TPSA) is 12.9 Å². The van der Waals surface area contributed by atoms with E-state index in [-0.39, 0.29) is 10.8 Å². The van der Waals surface area contributed by atoms with Crippen molar-refractivity contribution in [2.45, 2.75) is 25.7 Å². The van der Waals surface area contributed by atoms with Crippen LogP contribution in [0.25, 0.3) is 10.8 Å². The van der Waals surface area contributed by atoms with Gasteiger partial charge in [0.25, 0.3) is 0 Å². The van der Waals surface area contributed by atoms with E-state index >= 15 is 0 Å². The minimum atomic E-state index is -1.46. The lowest BCUT2D eigenvalue weighted by Crippen LogP contribution is -1.96. The highest BCUT2D eigenvalue weighted by Crippen LogP contribution is 2.24. The number of allylic oxidation sites excluding steroid dienone is 1. The van der Waals surface area contributed by atoms with Gasteiger partial charge < -0.3 is 0 Å². The van der Waals surface area contributed by atoms with Gasteiger partial charge in [0.2, 0.25) is 0 Å². The molecule has 0 unspecified atom stereocenters. The van der Waals surface area contributed by atoms with Crippen molar-refractivity contribution in [2.75, 3.05) is 0 Å².